The van der Waals surface area contributed by atoms with E-state index < -0.39 is 0 Å². The van der Waals surface area contributed by atoms with Gasteiger partial charge in [-0.05, 0) is 12.8 Å². The highest BCUT2D eigenvalue weighted by atomic mass is 16.3. The first kappa shape index (κ1) is 9.36. The van der Waals surface area contributed by atoms with Crippen molar-refractivity contribution in [3.05, 3.63) is 18.6 Å². The lowest BCUT2D eigenvalue weighted by atomic mass is 10.1. The molecule has 0 bridgehead atoms. The molecule has 0 aliphatic carbocycles. The zero-order chi connectivity index (χ0) is 9.80. The summed E-state index contributed by atoms with van der Waals surface area (Å²) in [5.41, 5.74) is 3.13. The summed E-state index contributed by atoms with van der Waals surface area (Å²) in [7, 11) is 0. The van der Waals surface area contributed by atoms with Gasteiger partial charge in [0.15, 0.2) is 0 Å². The van der Waals surface area contributed by atoms with E-state index in [2.05, 4.69) is 15.4 Å². The quantitative estimate of drug-likeness (QED) is 0.707. The maximum atomic E-state index is 9.44. The molecule has 2 rings (SSSR count). The fourth-order valence-electron chi connectivity index (χ4n) is 1.58. The molecular weight excluding hydrogens is 180 g/mol. The molecule has 1 aliphatic heterocycles. The van der Waals surface area contributed by atoms with Gasteiger partial charge < -0.3 is 10.5 Å². The van der Waals surface area contributed by atoms with Crippen molar-refractivity contribution in [3.63, 3.8) is 0 Å². The van der Waals surface area contributed by atoms with E-state index >= 15 is 0 Å². The standard InChI is InChI=1S/C9H14N4O/c14-8-2-1-5-13(6-8)12-9-3-4-10-7-11-9/h3-4,7-8,14H,1-2,5-6H2,(H,10,11,12). The van der Waals surface area contributed by atoms with Crippen molar-refractivity contribution >= 4 is 5.82 Å². The Balaban J connectivity index is 1.91. The van der Waals surface area contributed by atoms with Crippen molar-refractivity contribution in [1.29, 1.82) is 0 Å². The summed E-state index contributed by atoms with van der Waals surface area (Å²) in [6, 6.07) is 1.81. The van der Waals surface area contributed by atoms with Gasteiger partial charge in [-0.3, -0.25) is 0 Å². The largest absolute Gasteiger partial charge is 0.392 e. The zero-order valence-electron chi connectivity index (χ0n) is 7.93. The molecule has 1 aliphatic rings. The third kappa shape index (κ3) is 2.40. The van der Waals surface area contributed by atoms with Gasteiger partial charge in [0.2, 0.25) is 0 Å². The fourth-order valence-corrected chi connectivity index (χ4v) is 1.58. The summed E-state index contributed by atoms with van der Waals surface area (Å²) in [5.74, 6) is 0.772. The third-order valence-corrected chi connectivity index (χ3v) is 2.25. The Morgan fingerprint density at radius 2 is 2.50 bits per heavy atom. The van der Waals surface area contributed by atoms with Gasteiger partial charge in [0.1, 0.15) is 12.1 Å². The number of aliphatic hydroxyl groups is 1. The Hall–Kier alpha value is -1.20. The van der Waals surface area contributed by atoms with Crippen LogP contribution < -0.4 is 5.43 Å². The average Bonchev–Trinajstić information content (AvgIpc) is 2.19. The number of nitrogens with zero attached hydrogens (tertiary/aromatic N) is 3. The highest BCUT2D eigenvalue weighted by molar-refractivity contribution is 5.30. The molecule has 1 fully saturated rings. The molecule has 0 saturated carbocycles. The van der Waals surface area contributed by atoms with Crippen LogP contribution in [0, 0.1) is 0 Å². The Bertz CT molecular complexity index is 279. The predicted molar refractivity (Wildman–Crippen MR) is 52.5 cm³/mol. The first-order chi connectivity index (χ1) is 6.84. The van der Waals surface area contributed by atoms with Gasteiger partial charge in [-0.2, -0.15) is 0 Å². The van der Waals surface area contributed by atoms with Gasteiger partial charge in [-0.1, -0.05) is 0 Å². The average molecular weight is 194 g/mol. The summed E-state index contributed by atoms with van der Waals surface area (Å²) in [6.07, 6.45) is 4.87. The third-order valence-electron chi connectivity index (χ3n) is 2.25. The maximum absolute atomic E-state index is 9.44. The van der Waals surface area contributed by atoms with Gasteiger partial charge in [0.05, 0.1) is 6.10 Å². The predicted octanol–water partition coefficient (Wildman–Crippen LogP) is 0.260. The normalized spacial score (nSPS) is 23.4. The van der Waals surface area contributed by atoms with E-state index in [0.717, 1.165) is 25.2 Å². The summed E-state index contributed by atoms with van der Waals surface area (Å²) < 4.78 is 0. The van der Waals surface area contributed by atoms with E-state index in [4.69, 9.17) is 0 Å². The van der Waals surface area contributed by atoms with Gasteiger partial charge in [0.25, 0.3) is 0 Å². The minimum Gasteiger partial charge on any atom is -0.392 e. The minimum atomic E-state index is -0.224. The first-order valence-electron chi connectivity index (χ1n) is 4.80. The highest BCUT2D eigenvalue weighted by Crippen LogP contribution is 2.10. The van der Waals surface area contributed by atoms with E-state index in [9.17, 15) is 5.11 Å². The second-order valence-corrected chi connectivity index (χ2v) is 3.45. The van der Waals surface area contributed by atoms with Gasteiger partial charge >= 0.3 is 0 Å². The minimum absolute atomic E-state index is 0.224. The second kappa shape index (κ2) is 4.34. The Kier molecular flexibility index (Phi) is 2.90. The number of β-amino-alcohol motifs (C(OH)–C–C–N with tert-alkyl or cyclic N) is 1. The van der Waals surface area contributed by atoms with Crippen LogP contribution in [0.25, 0.3) is 0 Å². The number of aromatic nitrogens is 2. The lowest BCUT2D eigenvalue weighted by Gasteiger charge is -2.30. The van der Waals surface area contributed by atoms with E-state index in [-0.39, 0.29) is 6.10 Å². The SMILES string of the molecule is OC1CCCN(Nc2ccncn2)C1. The van der Waals surface area contributed by atoms with Crippen LogP contribution in [0.1, 0.15) is 12.8 Å². The van der Waals surface area contributed by atoms with Crippen molar-refractivity contribution < 1.29 is 5.11 Å². The smallest absolute Gasteiger partial charge is 0.143 e. The molecule has 76 valence electrons. The van der Waals surface area contributed by atoms with Gasteiger partial charge in [0, 0.05) is 25.4 Å². The van der Waals surface area contributed by atoms with E-state index in [1.54, 1.807) is 12.3 Å². The van der Waals surface area contributed by atoms with Crippen LogP contribution >= 0.6 is 0 Å². The van der Waals surface area contributed by atoms with E-state index in [1.165, 1.54) is 6.33 Å². The lowest BCUT2D eigenvalue weighted by molar-refractivity contribution is 0.0836. The molecule has 2 N–H and O–H groups in total. The Morgan fingerprint density at radius 3 is 3.21 bits per heavy atom. The molecule has 2 heterocycles. The molecule has 1 aromatic heterocycles. The molecule has 5 heteroatoms. The zero-order valence-corrected chi connectivity index (χ0v) is 7.93. The van der Waals surface area contributed by atoms with E-state index in [0.29, 0.717) is 6.54 Å². The molecule has 0 aromatic carbocycles. The van der Waals surface area contributed by atoms with Crippen LogP contribution in [-0.4, -0.2) is 39.3 Å². The highest BCUT2D eigenvalue weighted by Gasteiger charge is 2.17. The number of nitrogens with one attached hydrogen (secondary N) is 1. The fraction of sp³-hybridized carbons (Fsp3) is 0.556. The summed E-state index contributed by atoms with van der Waals surface area (Å²) in [4.78, 5) is 7.89. The van der Waals surface area contributed by atoms with Crippen molar-refractivity contribution in [2.75, 3.05) is 18.5 Å². The first-order valence-corrected chi connectivity index (χ1v) is 4.80. The monoisotopic (exact) mass is 194 g/mol. The number of anilines is 1. The van der Waals surface area contributed by atoms with Crippen LogP contribution in [-0.2, 0) is 0 Å². The molecule has 0 spiro atoms. The summed E-state index contributed by atoms with van der Waals surface area (Å²) in [5, 5.41) is 11.4. The van der Waals surface area contributed by atoms with Crippen molar-refractivity contribution in [1.82, 2.24) is 15.0 Å². The molecule has 14 heavy (non-hydrogen) atoms. The van der Waals surface area contributed by atoms with Crippen LogP contribution in [0.3, 0.4) is 0 Å². The number of hydrogen-bond acceptors (Lipinski definition) is 5. The maximum Gasteiger partial charge on any atom is 0.143 e. The molecular formula is C9H14N4O. The summed E-state index contributed by atoms with van der Waals surface area (Å²) in [6.45, 7) is 1.60. The Labute approximate surface area is 82.8 Å². The van der Waals surface area contributed by atoms with Crippen LogP contribution in [0.15, 0.2) is 18.6 Å². The second-order valence-electron chi connectivity index (χ2n) is 3.45. The van der Waals surface area contributed by atoms with Crippen molar-refractivity contribution in [3.8, 4) is 0 Å². The Morgan fingerprint density at radius 1 is 1.57 bits per heavy atom. The van der Waals surface area contributed by atoms with Gasteiger partial charge in [-0.25, -0.2) is 15.0 Å². The number of hydrogen-bond donors (Lipinski definition) is 2. The topological polar surface area (TPSA) is 61.3 Å². The number of piperidine rings is 1. The van der Waals surface area contributed by atoms with E-state index in [1.807, 2.05) is 5.01 Å². The lowest BCUT2D eigenvalue weighted by Crippen LogP contribution is -2.41. The molecule has 1 saturated heterocycles. The van der Waals surface area contributed by atoms with Crippen molar-refractivity contribution in [2.24, 2.45) is 0 Å². The molecule has 0 radical (unpaired) electrons. The molecule has 1 unspecified atom stereocenters. The number of rotatable bonds is 2. The molecule has 0 amide bonds. The van der Waals surface area contributed by atoms with Crippen LogP contribution in [0.5, 0.6) is 0 Å². The van der Waals surface area contributed by atoms with Crippen molar-refractivity contribution in [2.45, 2.75) is 18.9 Å². The molecule has 5 nitrogen and oxygen atoms in total. The number of aliphatic hydroxyl groups excluding tert-OH is 1. The number of hydrazine groups is 1. The van der Waals surface area contributed by atoms with Gasteiger partial charge in [-0.15, -0.1) is 0 Å². The summed E-state index contributed by atoms with van der Waals surface area (Å²) >= 11 is 0. The van der Waals surface area contributed by atoms with Crippen LogP contribution in [0.4, 0.5) is 5.82 Å². The molecule has 1 aromatic rings. The molecule has 1 atom stereocenters. The van der Waals surface area contributed by atoms with Crippen LogP contribution in [0.2, 0.25) is 0 Å².